The molecular formula is C14H26N2O3. The molecule has 0 unspecified atom stereocenters. The largest absolute Gasteiger partial charge is 0.444 e. The number of amides is 1. The molecule has 5 nitrogen and oxygen atoms in total. The number of likely N-dealkylation sites (tertiary alicyclic amines) is 1. The van der Waals surface area contributed by atoms with Gasteiger partial charge in [-0.3, -0.25) is 0 Å². The topological polar surface area (TPSA) is 50.8 Å². The number of nitrogens with one attached hydrogen (secondary N) is 1. The van der Waals surface area contributed by atoms with Gasteiger partial charge >= 0.3 is 6.09 Å². The lowest BCUT2D eigenvalue weighted by Crippen LogP contribution is -2.64. The van der Waals surface area contributed by atoms with E-state index in [-0.39, 0.29) is 11.7 Å². The third kappa shape index (κ3) is 3.60. The van der Waals surface area contributed by atoms with Crippen molar-refractivity contribution in [2.45, 2.75) is 57.8 Å². The second kappa shape index (κ2) is 5.29. The molecule has 0 aromatic carbocycles. The molecule has 2 fully saturated rings. The number of carbonyl (C=O) groups excluding carboxylic acids is 1. The van der Waals surface area contributed by atoms with Crippen molar-refractivity contribution in [1.82, 2.24) is 10.2 Å². The fourth-order valence-electron chi connectivity index (χ4n) is 2.65. The number of rotatable bonds is 3. The van der Waals surface area contributed by atoms with Gasteiger partial charge in [-0.15, -0.1) is 0 Å². The van der Waals surface area contributed by atoms with E-state index >= 15 is 0 Å². The van der Waals surface area contributed by atoms with E-state index < -0.39 is 5.60 Å². The molecule has 1 amide bonds. The maximum Gasteiger partial charge on any atom is 0.410 e. The molecule has 1 atom stereocenters. The average Bonchev–Trinajstić information content (AvgIpc) is 2.66. The summed E-state index contributed by atoms with van der Waals surface area (Å²) in [6.07, 6.45) is 1.89. The van der Waals surface area contributed by atoms with Crippen LogP contribution in [0, 0.1) is 0 Å². The van der Waals surface area contributed by atoms with Crippen LogP contribution in [0.5, 0.6) is 0 Å². The lowest BCUT2D eigenvalue weighted by Gasteiger charge is -2.46. The smallest absolute Gasteiger partial charge is 0.410 e. The molecule has 0 aromatic heterocycles. The SMILES string of the molecule is CCCN[C@@H]1COC2(C1)CN(C(=O)OC(C)(C)C)C2. The van der Waals surface area contributed by atoms with Gasteiger partial charge in [-0.05, 0) is 40.2 Å². The van der Waals surface area contributed by atoms with Crippen LogP contribution in [0.2, 0.25) is 0 Å². The molecule has 2 saturated heterocycles. The number of nitrogens with zero attached hydrogens (tertiary/aromatic N) is 1. The van der Waals surface area contributed by atoms with E-state index in [1.54, 1.807) is 4.90 Å². The first-order valence-corrected chi connectivity index (χ1v) is 7.19. The fourth-order valence-corrected chi connectivity index (χ4v) is 2.65. The number of ether oxygens (including phenoxy) is 2. The highest BCUT2D eigenvalue weighted by molar-refractivity contribution is 5.69. The van der Waals surface area contributed by atoms with Gasteiger partial charge in [0.15, 0.2) is 0 Å². The Bertz CT molecular complexity index is 332. The summed E-state index contributed by atoms with van der Waals surface area (Å²) in [6.45, 7) is 10.9. The molecule has 2 aliphatic rings. The maximum atomic E-state index is 11.9. The Labute approximate surface area is 115 Å². The zero-order valence-electron chi connectivity index (χ0n) is 12.5. The highest BCUT2D eigenvalue weighted by Gasteiger charge is 2.52. The van der Waals surface area contributed by atoms with Gasteiger partial charge in [-0.25, -0.2) is 4.79 Å². The normalized spacial score (nSPS) is 25.5. The molecule has 19 heavy (non-hydrogen) atoms. The van der Waals surface area contributed by atoms with Crippen LogP contribution in [0.25, 0.3) is 0 Å². The number of hydrogen-bond acceptors (Lipinski definition) is 4. The van der Waals surface area contributed by atoms with Gasteiger partial charge in [0.2, 0.25) is 0 Å². The molecule has 0 radical (unpaired) electrons. The first kappa shape index (κ1) is 14.6. The molecular weight excluding hydrogens is 244 g/mol. The van der Waals surface area contributed by atoms with Crippen molar-refractivity contribution in [2.75, 3.05) is 26.2 Å². The van der Waals surface area contributed by atoms with Crippen LogP contribution >= 0.6 is 0 Å². The molecule has 110 valence electrons. The Hall–Kier alpha value is -0.810. The third-order valence-electron chi connectivity index (χ3n) is 3.50. The summed E-state index contributed by atoms with van der Waals surface area (Å²) in [5.74, 6) is 0. The zero-order valence-corrected chi connectivity index (χ0v) is 12.5. The van der Waals surface area contributed by atoms with Gasteiger partial charge < -0.3 is 19.7 Å². The Morgan fingerprint density at radius 1 is 1.47 bits per heavy atom. The van der Waals surface area contributed by atoms with Gasteiger partial charge in [0, 0.05) is 6.04 Å². The standard InChI is InChI=1S/C14H26N2O3/c1-5-6-15-11-7-14(18-8-11)9-16(10-14)12(17)19-13(2,3)4/h11,15H,5-10H2,1-4H3/t11-/m0/s1. The molecule has 2 rings (SSSR count). The van der Waals surface area contributed by atoms with Crippen molar-refractivity contribution in [3.63, 3.8) is 0 Å². The zero-order chi connectivity index (χ0) is 14.1. The Kier molecular flexibility index (Phi) is 4.06. The van der Waals surface area contributed by atoms with Crippen LogP contribution in [0.4, 0.5) is 4.79 Å². The summed E-state index contributed by atoms with van der Waals surface area (Å²) < 4.78 is 11.2. The second-order valence-electron chi connectivity index (χ2n) is 6.69. The molecule has 0 saturated carbocycles. The van der Waals surface area contributed by atoms with E-state index in [1.165, 1.54) is 0 Å². The molecule has 0 bridgehead atoms. The van der Waals surface area contributed by atoms with E-state index in [2.05, 4.69) is 12.2 Å². The van der Waals surface area contributed by atoms with E-state index in [1.807, 2.05) is 20.8 Å². The quantitative estimate of drug-likeness (QED) is 0.849. The highest BCUT2D eigenvalue weighted by atomic mass is 16.6. The average molecular weight is 270 g/mol. The van der Waals surface area contributed by atoms with Gasteiger partial charge in [-0.1, -0.05) is 6.92 Å². The van der Waals surface area contributed by atoms with Gasteiger partial charge in [0.25, 0.3) is 0 Å². The minimum atomic E-state index is -0.429. The predicted molar refractivity (Wildman–Crippen MR) is 73.2 cm³/mol. The second-order valence-corrected chi connectivity index (χ2v) is 6.69. The lowest BCUT2D eigenvalue weighted by atomic mass is 9.90. The first-order chi connectivity index (χ1) is 8.84. The fraction of sp³-hybridized carbons (Fsp3) is 0.929. The summed E-state index contributed by atoms with van der Waals surface area (Å²) in [4.78, 5) is 13.6. The van der Waals surface area contributed by atoms with Crippen molar-refractivity contribution in [3.05, 3.63) is 0 Å². The van der Waals surface area contributed by atoms with Gasteiger partial charge in [0.05, 0.1) is 19.7 Å². The van der Waals surface area contributed by atoms with Crippen molar-refractivity contribution >= 4 is 6.09 Å². The van der Waals surface area contributed by atoms with Crippen LogP contribution in [0.1, 0.15) is 40.5 Å². The molecule has 1 N–H and O–H groups in total. The highest BCUT2D eigenvalue weighted by Crippen LogP contribution is 2.35. The van der Waals surface area contributed by atoms with Crippen LogP contribution < -0.4 is 5.32 Å². The summed E-state index contributed by atoms with van der Waals surface area (Å²) in [5, 5.41) is 3.48. The molecule has 1 spiro atoms. The van der Waals surface area contributed by atoms with Crippen LogP contribution in [0.15, 0.2) is 0 Å². The Balaban J connectivity index is 1.75. The van der Waals surface area contributed by atoms with E-state index in [0.717, 1.165) is 26.0 Å². The summed E-state index contributed by atoms with van der Waals surface area (Å²) in [5.41, 5.74) is -0.552. The minimum Gasteiger partial charge on any atom is -0.444 e. The van der Waals surface area contributed by atoms with Gasteiger partial charge in [0.1, 0.15) is 11.2 Å². The number of hydrogen-bond donors (Lipinski definition) is 1. The van der Waals surface area contributed by atoms with Crippen LogP contribution in [-0.2, 0) is 9.47 Å². The maximum absolute atomic E-state index is 11.9. The summed E-state index contributed by atoms with van der Waals surface area (Å²) in [7, 11) is 0. The van der Waals surface area contributed by atoms with Crippen molar-refractivity contribution in [2.24, 2.45) is 0 Å². The van der Waals surface area contributed by atoms with Crippen molar-refractivity contribution in [3.8, 4) is 0 Å². The van der Waals surface area contributed by atoms with Crippen LogP contribution in [0.3, 0.4) is 0 Å². The Morgan fingerprint density at radius 3 is 2.74 bits per heavy atom. The van der Waals surface area contributed by atoms with E-state index in [0.29, 0.717) is 19.1 Å². The monoisotopic (exact) mass is 270 g/mol. The molecule has 2 heterocycles. The van der Waals surface area contributed by atoms with E-state index in [9.17, 15) is 4.79 Å². The lowest BCUT2D eigenvalue weighted by molar-refractivity contribution is -0.109. The molecule has 0 aliphatic carbocycles. The van der Waals surface area contributed by atoms with Gasteiger partial charge in [-0.2, -0.15) is 0 Å². The van der Waals surface area contributed by atoms with Crippen LogP contribution in [-0.4, -0.2) is 54.5 Å². The summed E-state index contributed by atoms with van der Waals surface area (Å²) >= 11 is 0. The summed E-state index contributed by atoms with van der Waals surface area (Å²) in [6, 6.07) is 0.431. The molecule has 2 aliphatic heterocycles. The minimum absolute atomic E-state index is 0.123. The van der Waals surface area contributed by atoms with Crippen molar-refractivity contribution < 1.29 is 14.3 Å². The molecule has 5 heteroatoms. The Morgan fingerprint density at radius 2 is 2.16 bits per heavy atom. The predicted octanol–water partition coefficient (Wildman–Crippen LogP) is 1.76. The third-order valence-corrected chi connectivity index (χ3v) is 3.50. The molecule has 0 aromatic rings. The number of carbonyl (C=O) groups is 1. The van der Waals surface area contributed by atoms with Crippen molar-refractivity contribution in [1.29, 1.82) is 0 Å². The van der Waals surface area contributed by atoms with E-state index in [4.69, 9.17) is 9.47 Å². The first-order valence-electron chi connectivity index (χ1n) is 7.19.